The fourth-order valence-corrected chi connectivity index (χ4v) is 1.70. The number of rotatable bonds is 8. The first kappa shape index (κ1) is 22.9. The van der Waals surface area contributed by atoms with Gasteiger partial charge in [0, 0.05) is 32.5 Å². The molecule has 0 fully saturated rings. The van der Waals surface area contributed by atoms with E-state index in [1.54, 1.807) is 13.3 Å². The van der Waals surface area contributed by atoms with E-state index in [0.29, 0.717) is 19.0 Å². The zero-order valence-corrected chi connectivity index (χ0v) is 17.9. The molecule has 0 aromatic carbocycles. The Morgan fingerprint density at radius 1 is 1.29 bits per heavy atom. The molecule has 0 bridgehead atoms. The van der Waals surface area contributed by atoms with Crippen molar-refractivity contribution >= 4 is 29.9 Å². The van der Waals surface area contributed by atoms with Gasteiger partial charge >= 0.3 is 0 Å². The molecule has 1 aromatic rings. The number of guanidine groups is 1. The van der Waals surface area contributed by atoms with Crippen LogP contribution < -0.4 is 15.4 Å². The number of nitrogens with zero attached hydrogens (tertiary/aromatic N) is 2. The summed E-state index contributed by atoms with van der Waals surface area (Å²) in [6, 6.07) is 3.86. The van der Waals surface area contributed by atoms with Gasteiger partial charge in [-0.3, -0.25) is 0 Å². The summed E-state index contributed by atoms with van der Waals surface area (Å²) < 4.78 is 10.9. The Kier molecular flexibility index (Phi) is 10.9. The zero-order valence-electron chi connectivity index (χ0n) is 15.5. The maximum absolute atomic E-state index is 5.54. The Bertz CT molecular complexity index is 490. The van der Waals surface area contributed by atoms with Crippen LogP contribution in [0.2, 0.25) is 0 Å². The van der Waals surface area contributed by atoms with Gasteiger partial charge in [0.15, 0.2) is 5.96 Å². The number of methoxy groups -OCH3 is 1. The summed E-state index contributed by atoms with van der Waals surface area (Å²) in [4.78, 5) is 8.86. The molecule has 0 spiro atoms. The number of halogens is 1. The zero-order chi connectivity index (χ0) is 17.3. The van der Waals surface area contributed by atoms with E-state index in [-0.39, 0.29) is 35.7 Å². The fraction of sp³-hybridized carbons (Fsp3) is 0.647. The second-order valence-corrected chi connectivity index (χ2v) is 6.18. The maximum Gasteiger partial charge on any atom is 0.213 e. The first-order valence-electron chi connectivity index (χ1n) is 8.05. The lowest BCUT2D eigenvalue weighted by Gasteiger charge is -2.24. The third-order valence-corrected chi connectivity index (χ3v) is 3.15. The minimum absolute atomic E-state index is 0. The quantitative estimate of drug-likeness (QED) is 0.362. The molecule has 0 aliphatic rings. The van der Waals surface area contributed by atoms with Crippen LogP contribution >= 0.6 is 24.0 Å². The predicted octanol–water partition coefficient (Wildman–Crippen LogP) is 2.97. The van der Waals surface area contributed by atoms with E-state index in [1.165, 1.54) is 0 Å². The van der Waals surface area contributed by atoms with Gasteiger partial charge in [-0.25, -0.2) is 9.98 Å². The maximum atomic E-state index is 5.54. The lowest BCUT2D eigenvalue weighted by molar-refractivity contribution is 0.0268. The lowest BCUT2D eigenvalue weighted by atomic mass is 10.1. The molecule has 1 heterocycles. The Balaban J connectivity index is 0.00000529. The number of nitrogens with one attached hydrogen (secondary N) is 2. The van der Waals surface area contributed by atoms with Gasteiger partial charge in [0.05, 0.1) is 18.2 Å². The molecular weight excluding hydrogens is 419 g/mol. The first-order valence-corrected chi connectivity index (χ1v) is 8.05. The average Bonchev–Trinajstić information content (AvgIpc) is 2.51. The van der Waals surface area contributed by atoms with Crippen molar-refractivity contribution in [1.82, 2.24) is 15.6 Å². The van der Waals surface area contributed by atoms with Crippen molar-refractivity contribution in [1.29, 1.82) is 0 Å². The Hall–Kier alpha value is -1.09. The van der Waals surface area contributed by atoms with E-state index in [1.807, 2.05) is 46.8 Å². The summed E-state index contributed by atoms with van der Waals surface area (Å²) >= 11 is 0. The molecule has 0 saturated heterocycles. The molecule has 6 nitrogen and oxygen atoms in total. The van der Waals surface area contributed by atoms with Gasteiger partial charge in [-0.15, -0.1) is 24.0 Å². The van der Waals surface area contributed by atoms with E-state index in [4.69, 9.17) is 9.47 Å². The molecule has 2 N–H and O–H groups in total. The van der Waals surface area contributed by atoms with Crippen LogP contribution in [-0.2, 0) is 11.3 Å². The predicted molar refractivity (Wildman–Crippen MR) is 109 cm³/mol. The van der Waals surface area contributed by atoms with Gasteiger partial charge in [-0.2, -0.15) is 0 Å². The molecule has 24 heavy (non-hydrogen) atoms. The highest BCUT2D eigenvalue weighted by molar-refractivity contribution is 14.0. The van der Waals surface area contributed by atoms with Crippen molar-refractivity contribution in [2.75, 3.05) is 20.2 Å². The van der Waals surface area contributed by atoms with E-state index in [2.05, 4.69) is 20.6 Å². The summed E-state index contributed by atoms with van der Waals surface area (Å²) in [5, 5.41) is 6.51. The van der Waals surface area contributed by atoms with Crippen LogP contribution in [0.4, 0.5) is 0 Å². The highest BCUT2D eigenvalue weighted by Gasteiger charge is 2.16. The third-order valence-electron chi connectivity index (χ3n) is 3.15. The summed E-state index contributed by atoms with van der Waals surface area (Å²) in [5.74, 6) is 1.40. The van der Waals surface area contributed by atoms with Gasteiger partial charge in [-0.05, 0) is 40.2 Å². The number of hydrogen-bond donors (Lipinski definition) is 2. The van der Waals surface area contributed by atoms with Crippen molar-refractivity contribution in [3.63, 3.8) is 0 Å². The van der Waals surface area contributed by atoms with E-state index < -0.39 is 0 Å². The van der Waals surface area contributed by atoms with Crippen molar-refractivity contribution in [3.8, 4) is 5.88 Å². The summed E-state index contributed by atoms with van der Waals surface area (Å²) in [6.45, 7) is 12.1. The minimum Gasteiger partial charge on any atom is -0.475 e. The number of ether oxygens (including phenoxy) is 2. The average molecular weight is 450 g/mol. The summed E-state index contributed by atoms with van der Waals surface area (Å²) in [6.07, 6.45) is 1.92. The standard InChI is InChI=1S/C17H30N4O2.HI/c1-7-18-16(21-12-17(4,5)22-6)20-11-14-8-9-15(19-10-14)23-13(2)3;/h8-10,13H,7,11-12H2,1-6H3,(H2,18,20,21);1H. The van der Waals surface area contributed by atoms with Gasteiger partial charge < -0.3 is 20.1 Å². The minimum atomic E-state index is -0.242. The molecule has 0 aliphatic heterocycles. The van der Waals surface area contributed by atoms with Crippen LogP contribution in [0.3, 0.4) is 0 Å². The number of hydrogen-bond acceptors (Lipinski definition) is 4. The van der Waals surface area contributed by atoms with E-state index >= 15 is 0 Å². The number of aliphatic imine (C=N–C) groups is 1. The van der Waals surface area contributed by atoms with Crippen LogP contribution in [0.1, 0.15) is 40.2 Å². The second-order valence-electron chi connectivity index (χ2n) is 6.18. The second kappa shape index (κ2) is 11.5. The summed E-state index contributed by atoms with van der Waals surface area (Å²) in [7, 11) is 1.71. The molecular formula is C17H31IN4O2. The number of pyridine rings is 1. The Morgan fingerprint density at radius 2 is 2.00 bits per heavy atom. The molecule has 1 rings (SSSR count). The van der Waals surface area contributed by atoms with Crippen LogP contribution in [0, 0.1) is 0 Å². The number of aromatic nitrogens is 1. The van der Waals surface area contributed by atoms with E-state index in [9.17, 15) is 0 Å². The smallest absolute Gasteiger partial charge is 0.213 e. The van der Waals surface area contributed by atoms with Crippen molar-refractivity contribution in [2.24, 2.45) is 4.99 Å². The lowest BCUT2D eigenvalue weighted by Crippen LogP contribution is -2.45. The van der Waals surface area contributed by atoms with E-state index in [0.717, 1.165) is 18.1 Å². The van der Waals surface area contributed by atoms with Gasteiger partial charge in [0.1, 0.15) is 0 Å². The first-order chi connectivity index (χ1) is 10.9. The monoisotopic (exact) mass is 450 g/mol. The molecule has 0 amide bonds. The molecule has 0 aliphatic carbocycles. The molecule has 0 radical (unpaired) electrons. The van der Waals surface area contributed by atoms with Crippen LogP contribution in [0.15, 0.2) is 23.3 Å². The van der Waals surface area contributed by atoms with Gasteiger partial charge in [0.25, 0.3) is 0 Å². The van der Waals surface area contributed by atoms with Crippen molar-refractivity contribution < 1.29 is 9.47 Å². The normalized spacial score (nSPS) is 11.9. The molecule has 0 unspecified atom stereocenters. The Morgan fingerprint density at radius 3 is 2.50 bits per heavy atom. The van der Waals surface area contributed by atoms with Gasteiger partial charge in [0.2, 0.25) is 5.88 Å². The van der Waals surface area contributed by atoms with Crippen LogP contribution in [-0.4, -0.2) is 42.8 Å². The molecule has 1 aromatic heterocycles. The molecule has 7 heteroatoms. The van der Waals surface area contributed by atoms with Crippen molar-refractivity contribution in [3.05, 3.63) is 23.9 Å². The highest BCUT2D eigenvalue weighted by Crippen LogP contribution is 2.10. The van der Waals surface area contributed by atoms with Gasteiger partial charge in [-0.1, -0.05) is 6.07 Å². The summed E-state index contributed by atoms with van der Waals surface area (Å²) in [5.41, 5.74) is 0.789. The molecule has 138 valence electrons. The molecule has 0 saturated carbocycles. The SMILES string of the molecule is CCNC(=NCc1ccc(OC(C)C)nc1)NCC(C)(C)OC.I. The Labute approximate surface area is 162 Å². The van der Waals surface area contributed by atoms with Crippen molar-refractivity contribution in [2.45, 2.75) is 52.9 Å². The topological polar surface area (TPSA) is 67.8 Å². The third kappa shape index (κ3) is 9.27. The van der Waals surface area contributed by atoms with Crippen LogP contribution in [0.25, 0.3) is 0 Å². The largest absolute Gasteiger partial charge is 0.475 e. The molecule has 0 atom stereocenters. The fourth-order valence-electron chi connectivity index (χ4n) is 1.70. The van der Waals surface area contributed by atoms with Crippen LogP contribution in [0.5, 0.6) is 5.88 Å². The highest BCUT2D eigenvalue weighted by atomic mass is 127.